The first-order valence-corrected chi connectivity index (χ1v) is 18.0. The van der Waals surface area contributed by atoms with E-state index in [1.807, 2.05) is 0 Å². The Bertz CT molecular complexity index is 507. The highest BCUT2D eigenvalue weighted by molar-refractivity contribution is 4.60. The van der Waals surface area contributed by atoms with Crippen LogP contribution in [0.15, 0.2) is 0 Å². The van der Waals surface area contributed by atoms with Crippen LogP contribution in [0.5, 0.6) is 0 Å². The van der Waals surface area contributed by atoms with Crippen molar-refractivity contribution >= 4 is 0 Å². The lowest BCUT2D eigenvalue weighted by Gasteiger charge is -2.38. The summed E-state index contributed by atoms with van der Waals surface area (Å²) in [6, 6.07) is 0. The molecule has 0 bridgehead atoms. The largest absolute Gasteiger partial charge is 0.387 e. The minimum Gasteiger partial charge on any atom is -0.387 e. The van der Waals surface area contributed by atoms with E-state index >= 15 is 0 Å². The molecule has 242 valence electrons. The molecule has 0 saturated heterocycles. The minimum absolute atomic E-state index is 0.160. The van der Waals surface area contributed by atoms with Gasteiger partial charge in [0.05, 0.1) is 40.3 Å². The summed E-state index contributed by atoms with van der Waals surface area (Å²) in [5.74, 6) is 1.31. The Morgan fingerprint density at radius 1 is 0.425 bits per heavy atom. The second-order valence-corrected chi connectivity index (χ2v) is 15.0. The summed E-state index contributed by atoms with van der Waals surface area (Å²) >= 11 is 0. The first-order valence-electron chi connectivity index (χ1n) is 18.0. The van der Waals surface area contributed by atoms with Gasteiger partial charge in [-0.15, -0.1) is 0 Å². The van der Waals surface area contributed by atoms with Crippen LogP contribution < -0.4 is 0 Å². The van der Waals surface area contributed by atoms with Crippen LogP contribution in [0.3, 0.4) is 0 Å². The van der Waals surface area contributed by atoms with Crippen molar-refractivity contribution in [2.24, 2.45) is 11.8 Å². The molecule has 0 heterocycles. The monoisotopic (exact) mass is 571 g/mol. The summed E-state index contributed by atoms with van der Waals surface area (Å²) < 4.78 is 2.03. The third kappa shape index (κ3) is 23.4. The van der Waals surface area contributed by atoms with E-state index in [4.69, 9.17) is 0 Å². The van der Waals surface area contributed by atoms with Gasteiger partial charge in [0.1, 0.15) is 25.3 Å². The van der Waals surface area contributed by atoms with Crippen LogP contribution in [0.2, 0.25) is 0 Å². The van der Waals surface area contributed by atoms with Gasteiger partial charge in [0.2, 0.25) is 0 Å². The van der Waals surface area contributed by atoms with E-state index in [0.29, 0.717) is 11.8 Å². The zero-order valence-corrected chi connectivity index (χ0v) is 29.1. The molecule has 0 aliphatic heterocycles. The Balaban J connectivity index is 4.49. The van der Waals surface area contributed by atoms with Gasteiger partial charge in [-0.05, 0) is 38.5 Å². The molecule has 0 aromatic heterocycles. The number of nitrogens with zero attached hydrogens (tertiary/aromatic N) is 2. The summed E-state index contributed by atoms with van der Waals surface area (Å²) in [7, 11) is 4.76. The molecular formula is C36H78N2O2+2. The minimum atomic E-state index is -0.160. The van der Waals surface area contributed by atoms with Crippen LogP contribution in [0.25, 0.3) is 0 Å². The molecule has 40 heavy (non-hydrogen) atoms. The molecule has 0 spiro atoms. The number of hydrogen-bond acceptors (Lipinski definition) is 2. The quantitative estimate of drug-likeness (QED) is 0.0696. The molecule has 0 rings (SSSR count). The molecule has 4 heteroatoms. The maximum absolute atomic E-state index is 10.8. The molecule has 0 aliphatic rings. The first kappa shape index (κ1) is 39.8. The molecular weight excluding hydrogens is 492 g/mol. The van der Waals surface area contributed by atoms with Gasteiger partial charge in [-0.25, -0.2) is 0 Å². The van der Waals surface area contributed by atoms with Crippen molar-refractivity contribution < 1.29 is 19.2 Å². The van der Waals surface area contributed by atoms with Crippen LogP contribution in [0, 0.1) is 11.8 Å². The number of quaternary nitrogens is 2. The van der Waals surface area contributed by atoms with Crippen molar-refractivity contribution in [3.05, 3.63) is 0 Å². The zero-order valence-electron chi connectivity index (χ0n) is 29.1. The zero-order chi connectivity index (χ0) is 30.3. The first-order chi connectivity index (χ1) is 18.9. The standard InChI is InChI=1S/C36H78N2O2/c1-9-11-13-15-17-21-25-35(39)31-37(7,29-33(3)4)27-23-19-20-24-28-38(8,30-34(5)6)32-36(40)26-22-18-16-14-12-10-2/h33-36,39-40H,9-32H2,1-8H3/q+2. The normalized spacial score (nSPS) is 16.8. The molecule has 4 nitrogen and oxygen atoms in total. The Morgan fingerprint density at radius 2 is 0.725 bits per heavy atom. The third-order valence-corrected chi connectivity index (χ3v) is 8.84. The molecule has 0 fully saturated rings. The van der Waals surface area contributed by atoms with E-state index in [9.17, 15) is 10.2 Å². The van der Waals surface area contributed by atoms with Crippen molar-refractivity contribution in [1.82, 2.24) is 0 Å². The van der Waals surface area contributed by atoms with Crippen LogP contribution in [0.1, 0.15) is 157 Å². The molecule has 2 N–H and O–H groups in total. The summed E-state index contributed by atoms with van der Waals surface area (Å²) in [5.41, 5.74) is 0. The van der Waals surface area contributed by atoms with Crippen molar-refractivity contribution in [3.8, 4) is 0 Å². The Hall–Kier alpha value is -0.160. The summed E-state index contributed by atoms with van der Waals surface area (Å²) in [4.78, 5) is 0. The summed E-state index contributed by atoms with van der Waals surface area (Å²) in [5, 5.41) is 21.7. The third-order valence-electron chi connectivity index (χ3n) is 8.84. The summed E-state index contributed by atoms with van der Waals surface area (Å²) in [6.45, 7) is 20.3. The maximum atomic E-state index is 10.8. The van der Waals surface area contributed by atoms with Gasteiger partial charge in [0.25, 0.3) is 0 Å². The lowest BCUT2D eigenvalue weighted by molar-refractivity contribution is -0.916. The van der Waals surface area contributed by atoms with Crippen molar-refractivity contribution in [3.63, 3.8) is 0 Å². The fraction of sp³-hybridized carbons (Fsp3) is 1.00. The van der Waals surface area contributed by atoms with Crippen molar-refractivity contribution in [2.45, 2.75) is 169 Å². The van der Waals surface area contributed by atoms with Gasteiger partial charge >= 0.3 is 0 Å². The highest BCUT2D eigenvalue weighted by Gasteiger charge is 2.28. The van der Waals surface area contributed by atoms with Gasteiger partial charge in [-0.2, -0.15) is 0 Å². The highest BCUT2D eigenvalue weighted by Crippen LogP contribution is 2.19. The molecule has 0 aromatic rings. The molecule has 0 aromatic carbocycles. The lowest BCUT2D eigenvalue weighted by atomic mass is 10.0. The molecule has 0 aliphatic carbocycles. The molecule has 0 radical (unpaired) electrons. The Kier molecular flexibility index (Phi) is 24.2. The van der Waals surface area contributed by atoms with Gasteiger partial charge < -0.3 is 19.2 Å². The fourth-order valence-electron chi connectivity index (χ4n) is 7.14. The van der Waals surface area contributed by atoms with Crippen molar-refractivity contribution in [1.29, 1.82) is 0 Å². The van der Waals surface area contributed by atoms with E-state index in [1.54, 1.807) is 0 Å². The average Bonchev–Trinajstić information content (AvgIpc) is 2.84. The second-order valence-electron chi connectivity index (χ2n) is 15.0. The van der Waals surface area contributed by atoms with Gasteiger partial charge in [0.15, 0.2) is 0 Å². The SMILES string of the molecule is CCCCCCCCC(O)C[N+](C)(CCCCCC[N+](C)(CC(C)C)CC(O)CCCCCCCC)CC(C)C. The van der Waals surface area contributed by atoms with Crippen LogP contribution in [0.4, 0.5) is 0 Å². The van der Waals surface area contributed by atoms with Crippen molar-refractivity contribution in [2.75, 3.05) is 53.4 Å². The van der Waals surface area contributed by atoms with E-state index in [2.05, 4.69) is 55.6 Å². The van der Waals surface area contributed by atoms with E-state index < -0.39 is 0 Å². The molecule has 4 atom stereocenters. The lowest BCUT2D eigenvalue weighted by Crippen LogP contribution is -2.51. The highest BCUT2D eigenvalue weighted by atomic mass is 16.3. The fourth-order valence-corrected chi connectivity index (χ4v) is 7.14. The Morgan fingerprint density at radius 3 is 1.05 bits per heavy atom. The summed E-state index contributed by atoms with van der Waals surface area (Å²) in [6.07, 6.45) is 22.2. The van der Waals surface area contributed by atoms with Gasteiger partial charge in [-0.1, -0.05) is 119 Å². The molecule has 4 unspecified atom stereocenters. The number of aliphatic hydroxyl groups is 2. The number of rotatable bonds is 29. The maximum Gasteiger partial charge on any atom is 0.105 e. The Labute approximate surface area is 253 Å². The van der Waals surface area contributed by atoms with Crippen LogP contribution in [-0.4, -0.2) is 84.8 Å². The number of likely N-dealkylation sites (N-methyl/N-ethyl adjacent to an activating group) is 2. The number of unbranched alkanes of at least 4 members (excludes halogenated alkanes) is 13. The number of hydrogen-bond donors (Lipinski definition) is 2. The van der Waals surface area contributed by atoms with Crippen LogP contribution >= 0.6 is 0 Å². The predicted molar refractivity (Wildman–Crippen MR) is 178 cm³/mol. The predicted octanol–water partition coefficient (Wildman–Crippen LogP) is 8.98. The van der Waals surface area contributed by atoms with E-state index in [1.165, 1.54) is 116 Å². The van der Waals surface area contributed by atoms with Gasteiger partial charge in [0, 0.05) is 11.8 Å². The van der Waals surface area contributed by atoms with E-state index in [0.717, 1.165) is 48.0 Å². The average molecular weight is 571 g/mol. The smallest absolute Gasteiger partial charge is 0.105 e. The molecule has 0 amide bonds. The topological polar surface area (TPSA) is 40.5 Å². The van der Waals surface area contributed by atoms with E-state index in [-0.39, 0.29) is 12.2 Å². The van der Waals surface area contributed by atoms with Crippen LogP contribution in [-0.2, 0) is 0 Å². The van der Waals surface area contributed by atoms with Gasteiger partial charge in [-0.3, -0.25) is 0 Å². The number of aliphatic hydroxyl groups excluding tert-OH is 2. The molecule has 0 saturated carbocycles. The second kappa shape index (κ2) is 24.3.